The molecule has 0 bridgehead atoms. The highest BCUT2D eigenvalue weighted by Gasteiger charge is 2.12. The first kappa shape index (κ1) is 11.9. The summed E-state index contributed by atoms with van der Waals surface area (Å²) in [5, 5.41) is 10.8. The molecular weight excluding hydrogens is 235 g/mol. The monoisotopic (exact) mass is 244 g/mol. The number of halogens is 1. The molecule has 2 aromatic rings. The van der Waals surface area contributed by atoms with Crippen molar-refractivity contribution in [2.45, 2.75) is 0 Å². The number of nitrogens with zero attached hydrogens (tertiary/aromatic N) is 2. The van der Waals surface area contributed by atoms with E-state index < -0.39 is 10.7 Å². The van der Waals surface area contributed by atoms with E-state index >= 15 is 0 Å². The lowest BCUT2D eigenvalue weighted by molar-refractivity contribution is -0.385. The minimum atomic E-state index is -0.640. The molecule has 0 amide bonds. The normalized spacial score (nSPS) is 10.7. The molecule has 2 aromatic carbocycles. The largest absolute Gasteiger partial charge is 0.281 e. The van der Waals surface area contributed by atoms with Crippen molar-refractivity contribution in [2.24, 2.45) is 4.99 Å². The van der Waals surface area contributed by atoms with Crippen molar-refractivity contribution < 1.29 is 9.31 Å². The highest BCUT2D eigenvalue weighted by Crippen LogP contribution is 2.19. The summed E-state index contributed by atoms with van der Waals surface area (Å²) < 4.78 is 12.9. The van der Waals surface area contributed by atoms with E-state index in [0.717, 1.165) is 6.07 Å². The molecule has 0 aliphatic heterocycles. The van der Waals surface area contributed by atoms with Gasteiger partial charge in [0.15, 0.2) is 0 Å². The van der Waals surface area contributed by atoms with Gasteiger partial charge in [0.2, 0.25) is 0 Å². The molecule has 90 valence electrons. The second-order valence-corrected chi connectivity index (χ2v) is 3.55. The van der Waals surface area contributed by atoms with Gasteiger partial charge in [-0.1, -0.05) is 18.2 Å². The van der Waals surface area contributed by atoms with Crippen LogP contribution in [0.5, 0.6) is 0 Å². The van der Waals surface area contributed by atoms with E-state index in [1.165, 1.54) is 18.3 Å². The van der Waals surface area contributed by atoms with Crippen LogP contribution in [0.25, 0.3) is 0 Å². The molecule has 0 atom stereocenters. The van der Waals surface area contributed by atoms with Crippen LogP contribution in [0.15, 0.2) is 53.5 Å². The van der Waals surface area contributed by atoms with Crippen molar-refractivity contribution in [1.29, 1.82) is 0 Å². The number of benzene rings is 2. The molecule has 0 saturated carbocycles. The van der Waals surface area contributed by atoms with Crippen LogP contribution in [-0.4, -0.2) is 11.1 Å². The maximum absolute atomic E-state index is 12.9. The summed E-state index contributed by atoms with van der Waals surface area (Å²) in [6, 6.07) is 12.4. The van der Waals surface area contributed by atoms with Gasteiger partial charge in [0.25, 0.3) is 5.69 Å². The standard InChI is InChI=1S/C13H9FN2O2/c14-11-7-6-10(13(8-11)16(17)18)9-15-12-4-2-1-3-5-12/h1-9H. The van der Waals surface area contributed by atoms with Gasteiger partial charge in [-0.2, -0.15) is 0 Å². The zero-order chi connectivity index (χ0) is 13.0. The fraction of sp³-hybridized carbons (Fsp3) is 0. The highest BCUT2D eigenvalue weighted by molar-refractivity contribution is 5.86. The minimum absolute atomic E-state index is 0.269. The minimum Gasteiger partial charge on any atom is -0.258 e. The van der Waals surface area contributed by atoms with Crippen LogP contribution in [0.4, 0.5) is 15.8 Å². The number of para-hydroxylation sites is 1. The van der Waals surface area contributed by atoms with Gasteiger partial charge < -0.3 is 0 Å². The zero-order valence-electron chi connectivity index (χ0n) is 9.29. The topological polar surface area (TPSA) is 55.5 Å². The molecule has 0 aliphatic rings. The Hall–Kier alpha value is -2.56. The Labute approximate surface area is 103 Å². The van der Waals surface area contributed by atoms with Gasteiger partial charge in [0.05, 0.1) is 22.2 Å². The van der Waals surface area contributed by atoms with E-state index in [-0.39, 0.29) is 11.3 Å². The molecule has 0 aromatic heterocycles. The molecule has 0 aliphatic carbocycles. The molecule has 18 heavy (non-hydrogen) atoms. The molecule has 0 spiro atoms. The van der Waals surface area contributed by atoms with Gasteiger partial charge in [0.1, 0.15) is 5.82 Å². The number of rotatable bonds is 3. The molecule has 4 nitrogen and oxygen atoms in total. The molecule has 0 radical (unpaired) electrons. The fourth-order valence-corrected chi connectivity index (χ4v) is 1.44. The summed E-state index contributed by atoms with van der Waals surface area (Å²) >= 11 is 0. The molecule has 2 rings (SSSR count). The Balaban J connectivity index is 2.35. The number of hydrogen-bond acceptors (Lipinski definition) is 3. The van der Waals surface area contributed by atoms with Crippen LogP contribution in [0.2, 0.25) is 0 Å². The summed E-state index contributed by atoms with van der Waals surface area (Å²) in [4.78, 5) is 14.2. The Morgan fingerprint density at radius 1 is 1.17 bits per heavy atom. The van der Waals surface area contributed by atoms with Gasteiger partial charge >= 0.3 is 0 Å². The first-order valence-corrected chi connectivity index (χ1v) is 5.20. The van der Waals surface area contributed by atoms with E-state index in [0.29, 0.717) is 5.69 Å². The van der Waals surface area contributed by atoms with Crippen molar-refractivity contribution >= 4 is 17.6 Å². The molecule has 0 fully saturated rings. The van der Waals surface area contributed by atoms with Gasteiger partial charge in [-0.3, -0.25) is 15.1 Å². The first-order valence-electron chi connectivity index (χ1n) is 5.20. The lowest BCUT2D eigenvalue weighted by Gasteiger charge is -1.97. The van der Waals surface area contributed by atoms with Crippen LogP contribution in [0, 0.1) is 15.9 Å². The first-order chi connectivity index (χ1) is 8.66. The molecule has 0 heterocycles. The Morgan fingerprint density at radius 2 is 1.89 bits per heavy atom. The van der Waals surface area contributed by atoms with Crippen LogP contribution in [-0.2, 0) is 0 Å². The summed E-state index contributed by atoms with van der Waals surface area (Å²) in [7, 11) is 0. The van der Waals surface area contributed by atoms with E-state index in [2.05, 4.69) is 4.99 Å². The SMILES string of the molecule is O=[N+]([O-])c1cc(F)ccc1C=Nc1ccccc1. The van der Waals surface area contributed by atoms with Crippen molar-refractivity contribution in [3.63, 3.8) is 0 Å². The van der Waals surface area contributed by atoms with Crippen LogP contribution in [0.1, 0.15) is 5.56 Å². The van der Waals surface area contributed by atoms with Crippen molar-refractivity contribution in [3.05, 3.63) is 70.0 Å². The Morgan fingerprint density at radius 3 is 2.56 bits per heavy atom. The molecule has 5 heteroatoms. The van der Waals surface area contributed by atoms with Crippen molar-refractivity contribution in [2.75, 3.05) is 0 Å². The quantitative estimate of drug-likeness (QED) is 0.471. The smallest absolute Gasteiger partial charge is 0.258 e. The Bertz CT molecular complexity index is 597. The summed E-state index contributed by atoms with van der Waals surface area (Å²) in [5.74, 6) is -0.640. The fourth-order valence-electron chi connectivity index (χ4n) is 1.44. The molecule has 0 unspecified atom stereocenters. The summed E-state index contributed by atoms with van der Waals surface area (Å²) in [6.07, 6.45) is 1.35. The number of hydrogen-bond donors (Lipinski definition) is 0. The van der Waals surface area contributed by atoms with E-state index in [9.17, 15) is 14.5 Å². The lowest BCUT2D eigenvalue weighted by atomic mass is 10.2. The van der Waals surface area contributed by atoms with Crippen LogP contribution in [0.3, 0.4) is 0 Å². The second kappa shape index (κ2) is 5.18. The Kier molecular flexibility index (Phi) is 3.43. The van der Waals surface area contributed by atoms with Crippen LogP contribution >= 0.6 is 0 Å². The lowest BCUT2D eigenvalue weighted by Crippen LogP contribution is -1.95. The highest BCUT2D eigenvalue weighted by atomic mass is 19.1. The second-order valence-electron chi connectivity index (χ2n) is 3.55. The van der Waals surface area contributed by atoms with Gasteiger partial charge in [-0.15, -0.1) is 0 Å². The molecule has 0 saturated heterocycles. The molecule has 0 N–H and O–H groups in total. The van der Waals surface area contributed by atoms with Gasteiger partial charge in [0, 0.05) is 6.21 Å². The summed E-state index contributed by atoms with van der Waals surface area (Å²) in [6.45, 7) is 0. The average Bonchev–Trinajstić information content (AvgIpc) is 2.38. The summed E-state index contributed by atoms with van der Waals surface area (Å²) in [5.41, 5.74) is 0.649. The van der Waals surface area contributed by atoms with E-state index in [1.54, 1.807) is 12.1 Å². The maximum Gasteiger partial charge on any atom is 0.281 e. The number of nitro benzene ring substituents is 1. The maximum atomic E-state index is 12.9. The number of nitro groups is 1. The predicted molar refractivity (Wildman–Crippen MR) is 66.8 cm³/mol. The van der Waals surface area contributed by atoms with E-state index in [1.807, 2.05) is 18.2 Å². The van der Waals surface area contributed by atoms with Crippen molar-refractivity contribution in [3.8, 4) is 0 Å². The number of aliphatic imine (C=N–C) groups is 1. The molecular formula is C13H9FN2O2. The third-order valence-electron chi connectivity index (χ3n) is 2.30. The average molecular weight is 244 g/mol. The van der Waals surface area contributed by atoms with Gasteiger partial charge in [-0.05, 0) is 24.3 Å². The van der Waals surface area contributed by atoms with Gasteiger partial charge in [-0.25, -0.2) is 4.39 Å². The third kappa shape index (κ3) is 2.76. The third-order valence-corrected chi connectivity index (χ3v) is 2.30. The van der Waals surface area contributed by atoms with E-state index in [4.69, 9.17) is 0 Å². The zero-order valence-corrected chi connectivity index (χ0v) is 9.29. The van der Waals surface area contributed by atoms with Crippen molar-refractivity contribution in [1.82, 2.24) is 0 Å². The van der Waals surface area contributed by atoms with Crippen LogP contribution < -0.4 is 0 Å². The predicted octanol–water partition coefficient (Wildman–Crippen LogP) is 3.48.